The molecule has 0 amide bonds. The molecule has 2 N–H and O–H groups in total. The second-order valence-corrected chi connectivity index (χ2v) is 5.14. The molecule has 3 nitrogen and oxygen atoms in total. The summed E-state index contributed by atoms with van der Waals surface area (Å²) in [6, 6.07) is 5.55. The number of aromatic amines is 1. The van der Waals surface area contributed by atoms with Gasteiger partial charge >= 0.3 is 5.97 Å². The van der Waals surface area contributed by atoms with Gasteiger partial charge in [-0.25, -0.2) is 0 Å². The van der Waals surface area contributed by atoms with Crippen LogP contribution in [0.4, 0.5) is 0 Å². The molecule has 88 valence electrons. The molecule has 0 bridgehead atoms. The summed E-state index contributed by atoms with van der Waals surface area (Å²) in [5.74, 6) is -0.726. The van der Waals surface area contributed by atoms with Gasteiger partial charge < -0.3 is 10.1 Å². The average Bonchev–Trinajstić information content (AvgIpc) is 2.97. The van der Waals surface area contributed by atoms with Gasteiger partial charge in [-0.3, -0.25) is 4.79 Å². The van der Waals surface area contributed by atoms with Gasteiger partial charge in [-0.1, -0.05) is 17.7 Å². The standard InChI is InChI=1S/C13H12ClNO2/c1-7-11(13(4-5-13)12(16)17)9-3-2-8(14)6-10(9)15-7/h2-3,6,15H,4-5H2,1H3,(H,16,17). The van der Waals surface area contributed by atoms with E-state index in [4.69, 9.17) is 11.6 Å². The van der Waals surface area contributed by atoms with E-state index in [2.05, 4.69) is 4.98 Å². The summed E-state index contributed by atoms with van der Waals surface area (Å²) < 4.78 is 0. The SMILES string of the molecule is Cc1[nH]c2cc(Cl)ccc2c1C1(C(=O)O)CC1. The fourth-order valence-corrected chi connectivity index (χ4v) is 2.79. The van der Waals surface area contributed by atoms with Crippen LogP contribution in [0, 0.1) is 6.92 Å². The summed E-state index contributed by atoms with van der Waals surface area (Å²) in [5.41, 5.74) is 2.10. The molecule has 1 fully saturated rings. The Morgan fingerprint density at radius 1 is 1.47 bits per heavy atom. The van der Waals surface area contributed by atoms with E-state index in [-0.39, 0.29) is 0 Å². The maximum atomic E-state index is 11.4. The van der Waals surface area contributed by atoms with Gasteiger partial charge in [0.05, 0.1) is 5.41 Å². The Bertz CT molecular complexity index is 626. The highest BCUT2D eigenvalue weighted by molar-refractivity contribution is 6.31. The lowest BCUT2D eigenvalue weighted by atomic mass is 9.93. The summed E-state index contributed by atoms with van der Waals surface area (Å²) in [4.78, 5) is 14.6. The summed E-state index contributed by atoms with van der Waals surface area (Å²) in [6.45, 7) is 1.92. The quantitative estimate of drug-likeness (QED) is 0.858. The number of aliphatic carboxylic acids is 1. The zero-order valence-electron chi connectivity index (χ0n) is 9.38. The Labute approximate surface area is 103 Å². The van der Waals surface area contributed by atoms with E-state index in [0.717, 1.165) is 35.0 Å². The van der Waals surface area contributed by atoms with E-state index in [1.807, 2.05) is 19.1 Å². The summed E-state index contributed by atoms with van der Waals surface area (Å²) in [5, 5.41) is 11.0. The summed E-state index contributed by atoms with van der Waals surface area (Å²) in [7, 11) is 0. The molecule has 4 heteroatoms. The highest BCUT2D eigenvalue weighted by atomic mass is 35.5. The van der Waals surface area contributed by atoms with Gasteiger partial charge in [-0.2, -0.15) is 0 Å². The van der Waals surface area contributed by atoms with E-state index in [1.165, 1.54) is 0 Å². The molecule has 0 radical (unpaired) electrons. The second-order valence-electron chi connectivity index (χ2n) is 4.70. The predicted octanol–water partition coefficient (Wildman–Crippen LogP) is 3.25. The molecule has 1 aromatic heterocycles. The van der Waals surface area contributed by atoms with Gasteiger partial charge in [-0.15, -0.1) is 0 Å². The van der Waals surface area contributed by atoms with Crippen LogP contribution in [0.2, 0.25) is 5.02 Å². The van der Waals surface area contributed by atoms with Crippen LogP contribution in [0.5, 0.6) is 0 Å². The van der Waals surface area contributed by atoms with E-state index in [9.17, 15) is 9.90 Å². The Balaban J connectivity index is 2.30. The molecule has 1 saturated carbocycles. The molecule has 0 atom stereocenters. The smallest absolute Gasteiger partial charge is 0.314 e. The Hall–Kier alpha value is -1.48. The molecule has 0 aliphatic heterocycles. The lowest BCUT2D eigenvalue weighted by Gasteiger charge is -2.10. The third kappa shape index (κ3) is 1.39. The summed E-state index contributed by atoms with van der Waals surface area (Å²) in [6.07, 6.45) is 1.44. The van der Waals surface area contributed by atoms with Crippen LogP contribution >= 0.6 is 11.6 Å². The highest BCUT2D eigenvalue weighted by Gasteiger charge is 2.53. The molecular formula is C13H12ClNO2. The van der Waals surface area contributed by atoms with Crippen molar-refractivity contribution in [2.24, 2.45) is 0 Å². The molecule has 3 rings (SSSR count). The Kier molecular flexibility index (Phi) is 2.05. The van der Waals surface area contributed by atoms with Crippen LogP contribution in [0.1, 0.15) is 24.1 Å². The monoisotopic (exact) mass is 249 g/mol. The molecule has 0 spiro atoms. The van der Waals surface area contributed by atoms with Gasteiger partial charge in [0.1, 0.15) is 0 Å². The van der Waals surface area contributed by atoms with Gasteiger partial charge in [0, 0.05) is 21.6 Å². The van der Waals surface area contributed by atoms with Crippen molar-refractivity contribution < 1.29 is 9.90 Å². The maximum Gasteiger partial charge on any atom is 0.314 e. The number of carbonyl (C=O) groups is 1. The number of nitrogens with one attached hydrogen (secondary N) is 1. The first-order valence-electron chi connectivity index (χ1n) is 5.56. The molecule has 1 heterocycles. The van der Waals surface area contributed by atoms with Crippen LogP contribution in [0.3, 0.4) is 0 Å². The number of aromatic nitrogens is 1. The van der Waals surface area contributed by atoms with E-state index in [0.29, 0.717) is 5.02 Å². The van der Waals surface area contributed by atoms with Crippen molar-refractivity contribution in [3.05, 3.63) is 34.5 Å². The van der Waals surface area contributed by atoms with E-state index >= 15 is 0 Å². The number of hydrogen-bond donors (Lipinski definition) is 2. The zero-order chi connectivity index (χ0) is 12.2. The lowest BCUT2D eigenvalue weighted by Crippen LogP contribution is -2.20. The van der Waals surface area contributed by atoms with Crippen molar-refractivity contribution >= 4 is 28.5 Å². The van der Waals surface area contributed by atoms with Gasteiger partial charge in [-0.05, 0) is 37.5 Å². The van der Waals surface area contributed by atoms with Gasteiger partial charge in [0.15, 0.2) is 0 Å². The zero-order valence-corrected chi connectivity index (χ0v) is 10.1. The maximum absolute atomic E-state index is 11.4. The Morgan fingerprint density at radius 2 is 2.18 bits per heavy atom. The number of H-pyrrole nitrogens is 1. The molecule has 1 aromatic carbocycles. The molecule has 0 saturated heterocycles. The number of benzene rings is 1. The highest BCUT2D eigenvalue weighted by Crippen LogP contribution is 2.52. The van der Waals surface area contributed by atoms with Crippen LogP contribution in [-0.4, -0.2) is 16.1 Å². The number of halogens is 1. The molecule has 17 heavy (non-hydrogen) atoms. The first-order valence-corrected chi connectivity index (χ1v) is 5.94. The largest absolute Gasteiger partial charge is 0.481 e. The first-order chi connectivity index (χ1) is 8.04. The van der Waals surface area contributed by atoms with Crippen molar-refractivity contribution in [1.29, 1.82) is 0 Å². The minimum Gasteiger partial charge on any atom is -0.481 e. The van der Waals surface area contributed by atoms with Crippen LogP contribution in [0.15, 0.2) is 18.2 Å². The van der Waals surface area contributed by atoms with Crippen LogP contribution < -0.4 is 0 Å². The van der Waals surface area contributed by atoms with Crippen molar-refractivity contribution in [3.63, 3.8) is 0 Å². The minimum atomic E-state index is -0.726. The van der Waals surface area contributed by atoms with Crippen LogP contribution in [-0.2, 0) is 10.2 Å². The fraction of sp³-hybridized carbons (Fsp3) is 0.308. The number of carboxylic acids is 1. The van der Waals surface area contributed by atoms with Crippen molar-refractivity contribution in [2.75, 3.05) is 0 Å². The minimum absolute atomic E-state index is 0.658. The van der Waals surface area contributed by atoms with Crippen molar-refractivity contribution in [2.45, 2.75) is 25.2 Å². The average molecular weight is 250 g/mol. The molecule has 0 unspecified atom stereocenters. The number of carboxylic acid groups (broad SMARTS) is 1. The van der Waals surface area contributed by atoms with Gasteiger partial charge in [0.25, 0.3) is 0 Å². The normalized spacial score (nSPS) is 17.3. The van der Waals surface area contributed by atoms with Gasteiger partial charge in [0.2, 0.25) is 0 Å². The molecule has 2 aromatic rings. The van der Waals surface area contributed by atoms with Crippen LogP contribution in [0.25, 0.3) is 10.9 Å². The first kappa shape index (κ1) is 10.7. The number of fused-ring (bicyclic) bond motifs is 1. The van der Waals surface area contributed by atoms with E-state index < -0.39 is 11.4 Å². The molecule has 1 aliphatic carbocycles. The fourth-order valence-electron chi connectivity index (χ4n) is 2.62. The topological polar surface area (TPSA) is 53.1 Å². The lowest BCUT2D eigenvalue weighted by molar-refractivity contribution is -0.140. The number of hydrogen-bond acceptors (Lipinski definition) is 1. The van der Waals surface area contributed by atoms with Crippen molar-refractivity contribution in [1.82, 2.24) is 4.98 Å². The second kappa shape index (κ2) is 3.26. The number of aryl methyl sites for hydroxylation is 1. The van der Waals surface area contributed by atoms with E-state index in [1.54, 1.807) is 6.07 Å². The third-order valence-electron chi connectivity index (χ3n) is 3.59. The predicted molar refractivity (Wildman–Crippen MR) is 66.6 cm³/mol. The van der Waals surface area contributed by atoms with Crippen molar-refractivity contribution in [3.8, 4) is 0 Å². The Morgan fingerprint density at radius 3 is 2.76 bits per heavy atom. The molecular weight excluding hydrogens is 238 g/mol. The number of rotatable bonds is 2. The third-order valence-corrected chi connectivity index (χ3v) is 3.82. The molecule has 1 aliphatic rings. The summed E-state index contributed by atoms with van der Waals surface area (Å²) >= 11 is 5.94.